The highest BCUT2D eigenvalue weighted by Gasteiger charge is 2.35. The van der Waals surface area contributed by atoms with E-state index in [1.54, 1.807) is 12.1 Å². The minimum absolute atomic E-state index is 0.0250. The van der Waals surface area contributed by atoms with Crippen molar-refractivity contribution in [3.8, 4) is 0 Å². The van der Waals surface area contributed by atoms with Crippen LogP contribution in [0.15, 0.2) is 24.3 Å². The molecular formula is C15H22N2O4S. The quantitative estimate of drug-likeness (QED) is 0.613. The van der Waals surface area contributed by atoms with E-state index >= 15 is 0 Å². The van der Waals surface area contributed by atoms with Gasteiger partial charge in [0.2, 0.25) is 0 Å². The van der Waals surface area contributed by atoms with Crippen LogP contribution in [0.1, 0.15) is 31.2 Å². The molecule has 1 aliphatic carbocycles. The lowest BCUT2D eigenvalue weighted by Gasteiger charge is -2.37. The predicted molar refractivity (Wildman–Crippen MR) is 85.5 cm³/mol. The summed E-state index contributed by atoms with van der Waals surface area (Å²) >= 11 is 0. The van der Waals surface area contributed by atoms with E-state index in [2.05, 4.69) is 0 Å². The third-order valence-corrected chi connectivity index (χ3v) is 5.99. The van der Waals surface area contributed by atoms with Gasteiger partial charge in [0.15, 0.2) is 9.84 Å². The van der Waals surface area contributed by atoms with E-state index in [0.717, 1.165) is 24.8 Å². The van der Waals surface area contributed by atoms with Crippen molar-refractivity contribution < 1.29 is 13.3 Å². The lowest BCUT2D eigenvalue weighted by molar-refractivity contribution is -0.384. The molecule has 0 saturated heterocycles. The predicted octanol–water partition coefficient (Wildman–Crippen LogP) is 2.38. The molecule has 0 N–H and O–H groups in total. The molecule has 1 saturated carbocycles. The largest absolute Gasteiger partial charge is 0.298 e. The maximum Gasteiger partial charge on any atom is 0.269 e. The molecule has 1 aliphatic rings. The van der Waals surface area contributed by atoms with Gasteiger partial charge in [-0.3, -0.25) is 15.0 Å². The molecule has 1 fully saturated rings. The Kier molecular flexibility index (Phi) is 5.18. The summed E-state index contributed by atoms with van der Waals surface area (Å²) in [7, 11) is -1.19. The summed E-state index contributed by atoms with van der Waals surface area (Å²) in [5.74, 6) is 0. The van der Waals surface area contributed by atoms with Crippen molar-refractivity contribution in [3.05, 3.63) is 39.9 Å². The van der Waals surface area contributed by atoms with Crippen LogP contribution in [0.4, 0.5) is 5.69 Å². The zero-order chi connectivity index (χ0) is 16.3. The van der Waals surface area contributed by atoms with E-state index in [0.29, 0.717) is 13.0 Å². The molecule has 2 atom stereocenters. The molecule has 0 spiro atoms. The molecule has 0 aromatic heterocycles. The lowest BCUT2D eigenvalue weighted by Crippen LogP contribution is -2.46. The summed E-state index contributed by atoms with van der Waals surface area (Å²) in [5.41, 5.74) is 0.892. The Morgan fingerprint density at radius 3 is 2.64 bits per heavy atom. The fourth-order valence-corrected chi connectivity index (χ4v) is 4.76. The molecule has 0 aliphatic heterocycles. The number of nitro benzene ring substituents is 1. The molecule has 1 aromatic carbocycles. The maximum absolute atomic E-state index is 12.0. The minimum atomic E-state index is -3.08. The lowest BCUT2D eigenvalue weighted by atomic mass is 9.93. The highest BCUT2D eigenvalue weighted by Crippen LogP contribution is 2.28. The second-order valence-corrected chi connectivity index (χ2v) is 8.33. The number of non-ortho nitro benzene ring substituents is 1. The smallest absolute Gasteiger partial charge is 0.269 e. The van der Waals surface area contributed by atoms with E-state index < -0.39 is 14.8 Å². The van der Waals surface area contributed by atoms with Crippen molar-refractivity contribution in [3.63, 3.8) is 0 Å². The van der Waals surface area contributed by atoms with E-state index in [1.807, 2.05) is 18.0 Å². The van der Waals surface area contributed by atoms with Gasteiger partial charge in [0.1, 0.15) is 0 Å². The Morgan fingerprint density at radius 1 is 1.32 bits per heavy atom. The second kappa shape index (κ2) is 6.75. The summed E-state index contributed by atoms with van der Waals surface area (Å²) in [5, 5.41) is 10.5. The third-order valence-electron chi connectivity index (χ3n) is 4.34. The van der Waals surface area contributed by atoms with Gasteiger partial charge in [-0.15, -0.1) is 0 Å². The van der Waals surface area contributed by atoms with Gasteiger partial charge in [-0.1, -0.05) is 25.0 Å². The van der Waals surface area contributed by atoms with E-state index in [-0.39, 0.29) is 17.0 Å². The van der Waals surface area contributed by atoms with Gasteiger partial charge in [0, 0.05) is 31.0 Å². The van der Waals surface area contributed by atoms with Gasteiger partial charge in [-0.2, -0.15) is 0 Å². The Labute approximate surface area is 131 Å². The number of nitrogens with zero attached hydrogens (tertiary/aromatic N) is 2. The third kappa shape index (κ3) is 4.04. The van der Waals surface area contributed by atoms with Crippen molar-refractivity contribution in [2.45, 2.75) is 43.5 Å². The molecule has 2 unspecified atom stereocenters. The van der Waals surface area contributed by atoms with Crippen molar-refractivity contribution in [1.82, 2.24) is 4.90 Å². The Morgan fingerprint density at radius 2 is 2.00 bits per heavy atom. The maximum atomic E-state index is 12.0. The van der Waals surface area contributed by atoms with Gasteiger partial charge < -0.3 is 0 Å². The Balaban J connectivity index is 2.15. The highest BCUT2D eigenvalue weighted by atomic mass is 32.2. The van der Waals surface area contributed by atoms with Gasteiger partial charge in [0.25, 0.3) is 5.69 Å². The molecule has 122 valence electrons. The fourth-order valence-electron chi connectivity index (χ4n) is 3.25. The monoisotopic (exact) mass is 326 g/mol. The molecule has 22 heavy (non-hydrogen) atoms. The number of hydrogen-bond donors (Lipinski definition) is 0. The van der Waals surface area contributed by atoms with Crippen molar-refractivity contribution in [2.75, 3.05) is 13.3 Å². The topological polar surface area (TPSA) is 80.5 Å². The van der Waals surface area contributed by atoms with Crippen LogP contribution in [-0.4, -0.2) is 42.8 Å². The SMILES string of the molecule is CN(Cc1cccc([N+](=O)[O-])c1)C1CCCCC1S(C)(=O)=O. The van der Waals surface area contributed by atoms with Crippen LogP contribution in [-0.2, 0) is 16.4 Å². The van der Waals surface area contributed by atoms with E-state index in [1.165, 1.54) is 12.3 Å². The van der Waals surface area contributed by atoms with E-state index in [4.69, 9.17) is 0 Å². The molecule has 0 heterocycles. The summed E-state index contributed by atoms with van der Waals surface area (Å²) in [6.45, 7) is 0.512. The van der Waals surface area contributed by atoms with Crippen LogP contribution >= 0.6 is 0 Å². The van der Waals surface area contributed by atoms with Gasteiger partial charge in [0.05, 0.1) is 10.2 Å². The first-order valence-electron chi connectivity index (χ1n) is 7.41. The molecule has 2 rings (SSSR count). The standard InChI is InChI=1S/C15H22N2O4S/c1-16(11-12-6-5-7-13(10-12)17(18)19)14-8-3-4-9-15(14)22(2,20)21/h5-7,10,14-15H,3-4,8-9,11H2,1-2H3. The summed E-state index contributed by atoms with van der Waals surface area (Å²) in [6, 6.07) is 6.49. The molecule has 0 radical (unpaired) electrons. The van der Waals surface area contributed by atoms with Crippen molar-refractivity contribution >= 4 is 15.5 Å². The Hall–Kier alpha value is -1.47. The van der Waals surface area contributed by atoms with Crippen LogP contribution in [0.25, 0.3) is 0 Å². The first-order valence-corrected chi connectivity index (χ1v) is 9.37. The van der Waals surface area contributed by atoms with Crippen LogP contribution in [0.3, 0.4) is 0 Å². The fraction of sp³-hybridized carbons (Fsp3) is 0.600. The number of benzene rings is 1. The van der Waals surface area contributed by atoms with Crippen LogP contribution < -0.4 is 0 Å². The minimum Gasteiger partial charge on any atom is -0.298 e. The molecular weight excluding hydrogens is 304 g/mol. The molecule has 6 nitrogen and oxygen atoms in total. The molecule has 0 amide bonds. The van der Waals surface area contributed by atoms with Crippen LogP contribution in [0.5, 0.6) is 0 Å². The summed E-state index contributed by atoms with van der Waals surface area (Å²) in [6.07, 6.45) is 4.82. The Bertz CT molecular complexity index is 645. The average molecular weight is 326 g/mol. The van der Waals surface area contributed by atoms with E-state index in [9.17, 15) is 18.5 Å². The molecule has 7 heteroatoms. The first-order chi connectivity index (χ1) is 10.3. The normalized spacial score (nSPS) is 22.7. The molecule has 0 bridgehead atoms. The number of hydrogen-bond acceptors (Lipinski definition) is 5. The average Bonchev–Trinajstić information content (AvgIpc) is 2.46. The van der Waals surface area contributed by atoms with Gasteiger partial charge in [-0.05, 0) is 25.5 Å². The number of nitro groups is 1. The zero-order valence-corrected chi connectivity index (χ0v) is 13.8. The first kappa shape index (κ1) is 16.9. The van der Waals surface area contributed by atoms with Crippen molar-refractivity contribution in [1.29, 1.82) is 0 Å². The van der Waals surface area contributed by atoms with Crippen LogP contribution in [0.2, 0.25) is 0 Å². The summed E-state index contributed by atoms with van der Waals surface area (Å²) < 4.78 is 24.0. The van der Waals surface area contributed by atoms with Crippen molar-refractivity contribution in [2.24, 2.45) is 0 Å². The van der Waals surface area contributed by atoms with Gasteiger partial charge >= 0.3 is 0 Å². The summed E-state index contributed by atoms with van der Waals surface area (Å²) in [4.78, 5) is 12.4. The van der Waals surface area contributed by atoms with Gasteiger partial charge in [-0.25, -0.2) is 8.42 Å². The van der Waals surface area contributed by atoms with Crippen LogP contribution in [0, 0.1) is 10.1 Å². The number of sulfone groups is 1. The second-order valence-electron chi connectivity index (χ2n) is 6.06. The highest BCUT2D eigenvalue weighted by molar-refractivity contribution is 7.91. The number of rotatable bonds is 5. The molecule has 1 aromatic rings. The zero-order valence-electron chi connectivity index (χ0n) is 12.9.